The molecule has 1 fully saturated rings. The van der Waals surface area contributed by atoms with Crippen LogP contribution in [0.2, 0.25) is 0 Å². The highest BCUT2D eigenvalue weighted by atomic mass is 32.2. The smallest absolute Gasteiger partial charge is 0.239 e. The number of nitriles is 1. The van der Waals surface area contributed by atoms with Gasteiger partial charge in [0.25, 0.3) is 0 Å². The Morgan fingerprint density at radius 1 is 1.45 bits per heavy atom. The number of carboxylic acid groups (broad SMARTS) is 1. The van der Waals surface area contributed by atoms with Crippen molar-refractivity contribution in [1.29, 1.82) is 5.26 Å². The molecule has 3 rings (SSSR count). The third-order valence-corrected chi connectivity index (χ3v) is 4.91. The molecule has 1 saturated heterocycles. The van der Waals surface area contributed by atoms with Crippen LogP contribution in [-0.4, -0.2) is 38.3 Å². The van der Waals surface area contributed by atoms with Gasteiger partial charge in [0, 0.05) is 29.7 Å². The summed E-state index contributed by atoms with van der Waals surface area (Å²) in [5.74, 6) is -2.17. The number of nitrogens with one attached hydrogen (secondary N) is 1. The van der Waals surface area contributed by atoms with Gasteiger partial charge in [-0.3, -0.25) is 9.48 Å². The van der Waals surface area contributed by atoms with Crippen LogP contribution in [0.1, 0.15) is 18.4 Å². The van der Waals surface area contributed by atoms with Crippen molar-refractivity contribution in [2.45, 2.75) is 24.6 Å². The summed E-state index contributed by atoms with van der Waals surface area (Å²) in [7, 11) is 0. The predicted octanol–water partition coefficient (Wildman–Crippen LogP) is 0.664. The summed E-state index contributed by atoms with van der Waals surface area (Å²) in [6.07, 6.45) is 2.95. The normalized spacial score (nSPS) is 17.6. The van der Waals surface area contributed by atoms with Crippen LogP contribution in [-0.2, 0) is 16.1 Å². The summed E-state index contributed by atoms with van der Waals surface area (Å²) in [5, 5.41) is 33.5. The molecule has 2 aromatic rings. The van der Waals surface area contributed by atoms with Crippen LogP contribution in [0.3, 0.4) is 0 Å². The Bertz CT molecular complexity index is 1030. The highest BCUT2D eigenvalue weighted by Gasteiger charge is 2.30. The van der Waals surface area contributed by atoms with Gasteiger partial charge >= 0.3 is 0 Å². The molecule has 2 heterocycles. The lowest BCUT2D eigenvalue weighted by Crippen LogP contribution is -2.31. The molecule has 0 saturated carbocycles. The number of aromatic nitrogens is 2. The summed E-state index contributed by atoms with van der Waals surface area (Å²) < 4.78 is 14.8. The van der Waals surface area contributed by atoms with E-state index in [1.807, 2.05) is 6.07 Å². The maximum Gasteiger partial charge on any atom is 0.239 e. The molecule has 0 unspecified atom stereocenters. The van der Waals surface area contributed by atoms with Crippen molar-refractivity contribution >= 4 is 35.0 Å². The molecule has 1 N–H and O–H groups in total. The van der Waals surface area contributed by atoms with Crippen molar-refractivity contribution in [1.82, 2.24) is 15.1 Å². The fraction of sp³-hybridized carbons (Fsp3) is 0.222. The third kappa shape index (κ3) is 5.26. The first-order valence-corrected chi connectivity index (χ1v) is 9.33. The van der Waals surface area contributed by atoms with Gasteiger partial charge in [0.2, 0.25) is 5.91 Å². The first kappa shape index (κ1) is 20.2. The summed E-state index contributed by atoms with van der Waals surface area (Å²) in [4.78, 5) is 22.3. The molecule has 0 radical (unpaired) electrons. The highest BCUT2D eigenvalue weighted by molar-refractivity contribution is 8.15. The van der Waals surface area contributed by atoms with Gasteiger partial charge in [-0.15, -0.1) is 5.10 Å². The summed E-state index contributed by atoms with van der Waals surface area (Å²) in [6, 6.07) is 7.82. The van der Waals surface area contributed by atoms with Gasteiger partial charge in [-0.05, 0) is 24.3 Å². The van der Waals surface area contributed by atoms with E-state index in [-0.39, 0.29) is 17.4 Å². The molecule has 1 aliphatic rings. The van der Waals surface area contributed by atoms with Crippen LogP contribution in [0.5, 0.6) is 0 Å². The van der Waals surface area contributed by atoms with E-state index in [0.717, 1.165) is 11.8 Å². The van der Waals surface area contributed by atoms with E-state index in [1.54, 1.807) is 23.0 Å². The molecular weight excluding hydrogens is 399 g/mol. The molecule has 1 aromatic heterocycles. The summed E-state index contributed by atoms with van der Waals surface area (Å²) >= 11 is 0.957. The number of carboxylic acids is 1. The van der Waals surface area contributed by atoms with E-state index in [1.165, 1.54) is 18.3 Å². The van der Waals surface area contributed by atoms with Crippen molar-refractivity contribution in [2.24, 2.45) is 10.2 Å². The third-order valence-electron chi connectivity index (χ3n) is 3.83. The van der Waals surface area contributed by atoms with Crippen molar-refractivity contribution in [3.63, 3.8) is 0 Å². The number of nitrogens with zero attached hydrogens (tertiary/aromatic N) is 5. The number of thioether (sulfide) groups is 1. The van der Waals surface area contributed by atoms with Gasteiger partial charge in [0.1, 0.15) is 11.5 Å². The Morgan fingerprint density at radius 3 is 2.90 bits per heavy atom. The second kappa shape index (κ2) is 9.11. The summed E-state index contributed by atoms with van der Waals surface area (Å²) in [6.45, 7) is 0.379. The zero-order valence-corrected chi connectivity index (χ0v) is 15.7. The van der Waals surface area contributed by atoms with Gasteiger partial charge in [-0.1, -0.05) is 11.8 Å². The molecule has 9 nitrogen and oxygen atoms in total. The molecule has 11 heteroatoms. The minimum Gasteiger partial charge on any atom is -0.550 e. The van der Waals surface area contributed by atoms with Crippen LogP contribution in [0.4, 0.5) is 4.39 Å². The lowest BCUT2D eigenvalue weighted by Gasteiger charge is -2.04. The van der Waals surface area contributed by atoms with Crippen LogP contribution >= 0.6 is 11.8 Å². The van der Waals surface area contributed by atoms with Crippen molar-refractivity contribution < 1.29 is 19.1 Å². The van der Waals surface area contributed by atoms with Crippen LogP contribution < -0.4 is 10.4 Å². The molecule has 1 aromatic carbocycles. The highest BCUT2D eigenvalue weighted by Crippen LogP contribution is 2.23. The predicted molar refractivity (Wildman–Crippen MR) is 102 cm³/mol. The van der Waals surface area contributed by atoms with Crippen LogP contribution in [0.15, 0.2) is 40.7 Å². The Morgan fingerprint density at radius 2 is 2.21 bits per heavy atom. The summed E-state index contributed by atoms with van der Waals surface area (Å²) in [5.41, 5.74) is 1.78. The van der Waals surface area contributed by atoms with Gasteiger partial charge in [-0.25, -0.2) is 4.39 Å². The molecule has 29 heavy (non-hydrogen) atoms. The molecule has 148 valence electrons. The average Bonchev–Trinajstić information content (AvgIpc) is 3.24. The number of aryl methyl sites for hydroxylation is 1. The van der Waals surface area contributed by atoms with Gasteiger partial charge < -0.3 is 15.2 Å². The van der Waals surface area contributed by atoms with Gasteiger partial charge in [-0.2, -0.15) is 15.5 Å². The van der Waals surface area contributed by atoms with Crippen LogP contribution in [0.25, 0.3) is 11.3 Å². The number of carbonyl (C=O) groups excluding carboxylic acids is 2. The van der Waals surface area contributed by atoms with E-state index in [4.69, 9.17) is 5.26 Å². The number of halogens is 1. The van der Waals surface area contributed by atoms with E-state index >= 15 is 0 Å². The number of hydrogen-bond acceptors (Lipinski definition) is 8. The fourth-order valence-electron chi connectivity index (χ4n) is 2.52. The zero-order chi connectivity index (χ0) is 20.8. The Hall–Kier alpha value is -3.52. The number of rotatable bonds is 7. The van der Waals surface area contributed by atoms with Gasteiger partial charge in [0.05, 0.1) is 30.5 Å². The molecule has 1 atom stereocenters. The van der Waals surface area contributed by atoms with Gasteiger partial charge in [0.15, 0.2) is 5.17 Å². The fourth-order valence-corrected chi connectivity index (χ4v) is 3.43. The standard InChI is InChI=1S/C18H15FN6O3S/c19-13-4-2-11(3-5-13)16-12(10-25(24-16)7-1-6-20)9-21-23-18-22-17(28)14(29-18)8-15(26)27/h2-5,9-10,14H,1,7-8H2,(H,26,27)(H,22,23,28)/p-1/b21-9-/t14-/m0/s1. The maximum atomic E-state index is 13.2. The first-order valence-electron chi connectivity index (χ1n) is 8.45. The Labute approximate surface area is 168 Å². The van der Waals surface area contributed by atoms with E-state index in [2.05, 4.69) is 20.6 Å². The SMILES string of the molecule is N#CCCn1cc(/C=N\N=C2/NC(=O)[C@H](CC(=O)[O-])S2)c(-c2ccc(F)cc2)n1. The number of aliphatic carboxylic acids is 1. The molecule has 0 bridgehead atoms. The molecular formula is C18H14FN6O3S-. The minimum atomic E-state index is -1.32. The maximum absolute atomic E-state index is 13.2. The number of amides is 1. The second-order valence-electron chi connectivity index (χ2n) is 5.93. The molecule has 0 spiro atoms. The second-order valence-corrected chi connectivity index (χ2v) is 7.12. The Balaban J connectivity index is 1.81. The number of amidine groups is 1. The first-order chi connectivity index (χ1) is 14.0. The molecule has 1 amide bonds. The van der Waals surface area contributed by atoms with Crippen molar-refractivity contribution in [3.8, 4) is 17.3 Å². The number of hydrogen-bond donors (Lipinski definition) is 1. The molecule has 0 aliphatic carbocycles. The van der Waals surface area contributed by atoms with Crippen molar-refractivity contribution in [3.05, 3.63) is 41.8 Å². The largest absolute Gasteiger partial charge is 0.550 e. The number of carbonyl (C=O) groups is 2. The van der Waals surface area contributed by atoms with E-state index in [9.17, 15) is 19.1 Å². The monoisotopic (exact) mass is 413 g/mol. The topological polar surface area (TPSA) is 136 Å². The average molecular weight is 413 g/mol. The minimum absolute atomic E-state index is 0.178. The van der Waals surface area contributed by atoms with Crippen LogP contribution in [0, 0.1) is 17.1 Å². The quantitative estimate of drug-likeness (QED) is 0.523. The number of benzene rings is 1. The van der Waals surface area contributed by atoms with E-state index in [0.29, 0.717) is 23.4 Å². The van der Waals surface area contributed by atoms with Crippen molar-refractivity contribution in [2.75, 3.05) is 0 Å². The Kier molecular flexibility index (Phi) is 6.36. The lowest BCUT2D eigenvalue weighted by atomic mass is 10.1. The zero-order valence-electron chi connectivity index (χ0n) is 14.9. The van der Waals surface area contributed by atoms with E-state index < -0.39 is 23.5 Å². The lowest BCUT2D eigenvalue weighted by molar-refractivity contribution is -0.305. The molecule has 1 aliphatic heterocycles.